The van der Waals surface area contributed by atoms with Crippen molar-refractivity contribution in [2.24, 2.45) is 5.10 Å². The first-order valence-electron chi connectivity index (χ1n) is 7.89. The molecule has 0 aliphatic carbocycles. The van der Waals surface area contributed by atoms with Gasteiger partial charge < -0.3 is 4.74 Å². The second-order valence-electron chi connectivity index (χ2n) is 5.15. The lowest BCUT2D eigenvalue weighted by molar-refractivity contribution is 0.0959. The Kier molecular flexibility index (Phi) is 7.33. The summed E-state index contributed by atoms with van der Waals surface area (Å²) in [7, 11) is 0. The molecule has 0 aliphatic rings. The zero-order valence-electron chi connectivity index (χ0n) is 13.3. The molecule has 0 aliphatic heterocycles. The minimum atomic E-state index is -0.191. The van der Waals surface area contributed by atoms with Crippen LogP contribution in [0.4, 0.5) is 0 Å². The second kappa shape index (κ2) is 9.79. The topological polar surface area (TPSA) is 50.7 Å². The molecule has 5 heteroatoms. The highest BCUT2D eigenvalue weighted by Gasteiger charge is 2.03. The van der Waals surface area contributed by atoms with Gasteiger partial charge in [0.1, 0.15) is 5.75 Å². The van der Waals surface area contributed by atoms with Crippen LogP contribution in [0.2, 0.25) is 0 Å². The number of amides is 1. The maximum absolute atomic E-state index is 11.7. The summed E-state index contributed by atoms with van der Waals surface area (Å²) < 4.78 is 5.69. The maximum Gasteiger partial charge on any atom is 0.281 e. The molecule has 23 heavy (non-hydrogen) atoms. The van der Waals surface area contributed by atoms with Crippen LogP contribution in [0.15, 0.2) is 46.9 Å². The highest BCUT2D eigenvalue weighted by atomic mass is 32.1. The number of ether oxygens (including phenoxy) is 1. The Morgan fingerprint density at radius 3 is 2.74 bits per heavy atom. The number of thiophene rings is 1. The number of nitrogens with zero attached hydrogens (tertiary/aromatic N) is 1. The minimum absolute atomic E-state index is 0.191. The Bertz CT molecular complexity index is 606. The zero-order chi connectivity index (χ0) is 16.3. The number of hydrogen-bond acceptors (Lipinski definition) is 4. The highest BCUT2D eigenvalue weighted by molar-refractivity contribution is 7.12. The molecule has 0 fully saturated rings. The van der Waals surface area contributed by atoms with E-state index in [0.29, 0.717) is 4.88 Å². The van der Waals surface area contributed by atoms with Crippen molar-refractivity contribution in [3.8, 4) is 5.75 Å². The van der Waals surface area contributed by atoms with Gasteiger partial charge in [0.25, 0.3) is 5.91 Å². The summed E-state index contributed by atoms with van der Waals surface area (Å²) >= 11 is 1.39. The molecular weight excluding hydrogens is 308 g/mol. The molecule has 2 aromatic rings. The molecule has 0 saturated heterocycles. The quantitative estimate of drug-likeness (QED) is 0.419. The summed E-state index contributed by atoms with van der Waals surface area (Å²) in [6.45, 7) is 2.95. The molecule has 1 N–H and O–H groups in total. The molecule has 0 unspecified atom stereocenters. The number of carbonyl (C=O) groups is 1. The van der Waals surface area contributed by atoms with Crippen LogP contribution in [0.5, 0.6) is 5.75 Å². The maximum atomic E-state index is 11.7. The van der Waals surface area contributed by atoms with Crippen molar-refractivity contribution < 1.29 is 9.53 Å². The lowest BCUT2D eigenvalue weighted by atomic mass is 10.2. The zero-order valence-corrected chi connectivity index (χ0v) is 14.1. The predicted octanol–water partition coefficient (Wildman–Crippen LogP) is 4.47. The molecule has 0 radical (unpaired) electrons. The van der Waals surface area contributed by atoms with Crippen LogP contribution in [0.1, 0.15) is 47.8 Å². The summed E-state index contributed by atoms with van der Waals surface area (Å²) in [6, 6.07) is 11.3. The van der Waals surface area contributed by atoms with Crippen LogP contribution in [-0.4, -0.2) is 18.7 Å². The van der Waals surface area contributed by atoms with Crippen molar-refractivity contribution in [1.82, 2.24) is 5.43 Å². The van der Waals surface area contributed by atoms with Gasteiger partial charge in [-0.25, -0.2) is 5.43 Å². The van der Waals surface area contributed by atoms with Crippen molar-refractivity contribution in [2.75, 3.05) is 6.61 Å². The smallest absolute Gasteiger partial charge is 0.281 e. The Balaban J connectivity index is 1.74. The van der Waals surface area contributed by atoms with Gasteiger partial charge >= 0.3 is 0 Å². The van der Waals surface area contributed by atoms with Crippen molar-refractivity contribution in [1.29, 1.82) is 0 Å². The average Bonchev–Trinajstić information content (AvgIpc) is 3.10. The van der Waals surface area contributed by atoms with E-state index in [0.717, 1.165) is 24.3 Å². The number of carbonyl (C=O) groups excluding carboxylic acids is 1. The number of hydrazone groups is 1. The van der Waals surface area contributed by atoms with Gasteiger partial charge in [-0.1, -0.05) is 32.3 Å². The number of rotatable bonds is 9. The molecule has 1 aromatic carbocycles. The third kappa shape index (κ3) is 6.24. The van der Waals surface area contributed by atoms with Gasteiger partial charge in [0, 0.05) is 0 Å². The third-order valence-electron chi connectivity index (χ3n) is 3.27. The van der Waals surface area contributed by atoms with E-state index in [9.17, 15) is 4.79 Å². The van der Waals surface area contributed by atoms with Crippen molar-refractivity contribution in [3.05, 3.63) is 52.2 Å². The lowest BCUT2D eigenvalue weighted by Crippen LogP contribution is -2.16. The first kappa shape index (κ1) is 17.2. The fraction of sp³-hybridized carbons (Fsp3) is 0.333. The van der Waals surface area contributed by atoms with Gasteiger partial charge in [0.15, 0.2) is 0 Å². The van der Waals surface area contributed by atoms with Crippen LogP contribution in [0, 0.1) is 0 Å². The monoisotopic (exact) mass is 330 g/mol. The molecule has 1 heterocycles. The van der Waals surface area contributed by atoms with Crippen LogP contribution in [0.25, 0.3) is 0 Å². The van der Waals surface area contributed by atoms with Gasteiger partial charge in [-0.15, -0.1) is 11.3 Å². The molecule has 2 rings (SSSR count). The van der Waals surface area contributed by atoms with E-state index >= 15 is 0 Å². The Morgan fingerprint density at radius 2 is 2.04 bits per heavy atom. The van der Waals surface area contributed by atoms with E-state index in [4.69, 9.17) is 4.74 Å². The fourth-order valence-electron chi connectivity index (χ4n) is 2.00. The van der Waals surface area contributed by atoms with Gasteiger partial charge in [-0.05, 0) is 47.7 Å². The standard InChI is InChI=1S/C18H22N2O2S/c1-2-3-4-5-12-22-16-10-8-15(9-11-16)14-19-20-18(21)17-7-6-13-23-17/h6-11,13-14H,2-5,12H2,1H3,(H,20,21)/b19-14-. The molecule has 0 spiro atoms. The number of hydrogen-bond donors (Lipinski definition) is 1. The predicted molar refractivity (Wildman–Crippen MR) is 95.5 cm³/mol. The van der Waals surface area contributed by atoms with E-state index in [-0.39, 0.29) is 5.91 Å². The Labute approximate surface area is 141 Å². The van der Waals surface area contributed by atoms with Crippen LogP contribution in [0.3, 0.4) is 0 Å². The van der Waals surface area contributed by atoms with Gasteiger partial charge in [0.05, 0.1) is 17.7 Å². The molecule has 0 saturated carbocycles. The largest absolute Gasteiger partial charge is 0.494 e. The van der Waals surface area contributed by atoms with E-state index in [1.54, 1.807) is 12.3 Å². The fourth-order valence-corrected chi connectivity index (χ4v) is 2.61. The van der Waals surface area contributed by atoms with Crippen LogP contribution >= 0.6 is 11.3 Å². The first-order valence-corrected chi connectivity index (χ1v) is 8.77. The van der Waals surface area contributed by atoms with E-state index in [1.807, 2.05) is 35.7 Å². The third-order valence-corrected chi connectivity index (χ3v) is 4.14. The minimum Gasteiger partial charge on any atom is -0.494 e. The van der Waals surface area contributed by atoms with Crippen molar-refractivity contribution in [3.63, 3.8) is 0 Å². The van der Waals surface area contributed by atoms with Gasteiger partial charge in [0.2, 0.25) is 0 Å². The van der Waals surface area contributed by atoms with E-state index in [2.05, 4.69) is 17.5 Å². The summed E-state index contributed by atoms with van der Waals surface area (Å²) in [6.07, 6.45) is 6.42. The number of nitrogens with one attached hydrogen (secondary N) is 1. The van der Waals surface area contributed by atoms with Crippen molar-refractivity contribution >= 4 is 23.5 Å². The molecule has 4 nitrogen and oxygen atoms in total. The summed E-state index contributed by atoms with van der Waals surface area (Å²) in [4.78, 5) is 12.4. The summed E-state index contributed by atoms with van der Waals surface area (Å²) in [5, 5.41) is 5.83. The Morgan fingerprint density at radius 1 is 1.22 bits per heavy atom. The number of unbranched alkanes of at least 4 members (excludes halogenated alkanes) is 3. The number of benzene rings is 1. The van der Waals surface area contributed by atoms with Crippen LogP contribution < -0.4 is 10.2 Å². The molecule has 0 bridgehead atoms. The Hall–Kier alpha value is -2.14. The summed E-state index contributed by atoms with van der Waals surface area (Å²) in [5.74, 6) is 0.671. The molecular formula is C18H22N2O2S. The molecule has 1 aromatic heterocycles. The van der Waals surface area contributed by atoms with Gasteiger partial charge in [-0.2, -0.15) is 5.10 Å². The normalized spacial score (nSPS) is 10.8. The SMILES string of the molecule is CCCCCCOc1ccc(/C=N\NC(=O)c2cccs2)cc1. The average molecular weight is 330 g/mol. The molecule has 1 amide bonds. The summed E-state index contributed by atoms with van der Waals surface area (Å²) in [5.41, 5.74) is 3.42. The molecule has 0 atom stereocenters. The van der Waals surface area contributed by atoms with Gasteiger partial charge in [-0.3, -0.25) is 4.79 Å². The molecule has 122 valence electrons. The van der Waals surface area contributed by atoms with Crippen LogP contribution in [-0.2, 0) is 0 Å². The van der Waals surface area contributed by atoms with E-state index < -0.39 is 0 Å². The second-order valence-corrected chi connectivity index (χ2v) is 6.10. The highest BCUT2D eigenvalue weighted by Crippen LogP contribution is 2.12. The van der Waals surface area contributed by atoms with E-state index in [1.165, 1.54) is 30.6 Å². The first-order chi connectivity index (χ1) is 11.3. The van der Waals surface area contributed by atoms with Crippen molar-refractivity contribution in [2.45, 2.75) is 32.6 Å². The lowest BCUT2D eigenvalue weighted by Gasteiger charge is -2.05.